The van der Waals surface area contributed by atoms with E-state index in [1.807, 2.05) is 6.92 Å². The largest absolute Gasteiger partial charge is 0.480 e. The molecule has 14 heavy (non-hydrogen) atoms. The van der Waals surface area contributed by atoms with Crippen LogP contribution in [-0.4, -0.2) is 35.1 Å². The molecule has 1 rings (SSSR count). The van der Waals surface area contributed by atoms with Crippen LogP contribution in [0.25, 0.3) is 0 Å². The molecule has 82 valence electrons. The Morgan fingerprint density at radius 2 is 2.07 bits per heavy atom. The minimum Gasteiger partial charge on any atom is -0.480 e. The van der Waals surface area contributed by atoms with Crippen molar-refractivity contribution in [3.8, 4) is 0 Å². The van der Waals surface area contributed by atoms with Crippen LogP contribution >= 0.6 is 0 Å². The highest BCUT2D eigenvalue weighted by Crippen LogP contribution is 2.27. The molecule has 1 fully saturated rings. The fourth-order valence-corrected chi connectivity index (χ4v) is 2.48. The summed E-state index contributed by atoms with van der Waals surface area (Å²) in [5.74, 6) is -0.0485. The highest BCUT2D eigenvalue weighted by Gasteiger charge is 2.27. The van der Waals surface area contributed by atoms with Crippen LogP contribution in [0.3, 0.4) is 0 Å². The molecule has 0 heterocycles. The van der Waals surface area contributed by atoms with Gasteiger partial charge in [0.2, 0.25) is 0 Å². The highest BCUT2D eigenvalue weighted by molar-refractivity contribution is 5.69. The molecule has 3 heteroatoms. The first-order valence-corrected chi connectivity index (χ1v) is 5.61. The van der Waals surface area contributed by atoms with Gasteiger partial charge in [0.15, 0.2) is 0 Å². The maximum atomic E-state index is 10.7. The zero-order valence-corrected chi connectivity index (χ0v) is 9.20. The summed E-state index contributed by atoms with van der Waals surface area (Å²) < 4.78 is 0. The molecule has 1 N–H and O–H groups in total. The van der Waals surface area contributed by atoms with Crippen LogP contribution in [0.2, 0.25) is 0 Å². The van der Waals surface area contributed by atoms with E-state index in [1.165, 1.54) is 25.7 Å². The SMILES string of the molecule is CCN(CC(=O)O)C1CCCCC1C. The Morgan fingerprint density at radius 1 is 1.43 bits per heavy atom. The molecule has 0 saturated heterocycles. The van der Waals surface area contributed by atoms with Crippen LogP contribution in [-0.2, 0) is 4.79 Å². The third-order valence-electron chi connectivity index (χ3n) is 3.28. The van der Waals surface area contributed by atoms with E-state index in [2.05, 4.69) is 11.8 Å². The molecule has 0 amide bonds. The molecule has 0 aromatic rings. The second-order valence-corrected chi connectivity index (χ2v) is 4.29. The molecule has 3 nitrogen and oxygen atoms in total. The normalized spacial score (nSPS) is 27.9. The van der Waals surface area contributed by atoms with Gasteiger partial charge in [-0.1, -0.05) is 26.7 Å². The first-order valence-electron chi connectivity index (χ1n) is 5.61. The van der Waals surface area contributed by atoms with Gasteiger partial charge in [-0.3, -0.25) is 9.69 Å². The van der Waals surface area contributed by atoms with Gasteiger partial charge < -0.3 is 5.11 Å². The van der Waals surface area contributed by atoms with Crippen molar-refractivity contribution in [3.63, 3.8) is 0 Å². The number of hydrogen-bond acceptors (Lipinski definition) is 2. The molecule has 0 spiro atoms. The molecule has 0 aliphatic heterocycles. The molecular weight excluding hydrogens is 178 g/mol. The lowest BCUT2D eigenvalue weighted by atomic mass is 9.85. The second-order valence-electron chi connectivity index (χ2n) is 4.29. The Kier molecular flexibility index (Phi) is 4.39. The van der Waals surface area contributed by atoms with E-state index >= 15 is 0 Å². The summed E-state index contributed by atoms with van der Waals surface area (Å²) in [6.45, 7) is 5.34. The monoisotopic (exact) mass is 199 g/mol. The van der Waals surface area contributed by atoms with Crippen molar-refractivity contribution in [2.45, 2.75) is 45.6 Å². The standard InChI is InChI=1S/C11H21NO2/c1-3-12(8-11(13)14)10-7-5-4-6-9(10)2/h9-10H,3-8H2,1-2H3,(H,13,14). The van der Waals surface area contributed by atoms with E-state index in [0.29, 0.717) is 12.0 Å². The number of carboxylic acids is 1. The molecule has 2 unspecified atom stereocenters. The van der Waals surface area contributed by atoms with Crippen molar-refractivity contribution in [2.24, 2.45) is 5.92 Å². The van der Waals surface area contributed by atoms with Crippen LogP contribution < -0.4 is 0 Å². The number of rotatable bonds is 4. The maximum absolute atomic E-state index is 10.7. The van der Waals surface area contributed by atoms with Gasteiger partial charge in [0.1, 0.15) is 0 Å². The van der Waals surface area contributed by atoms with Crippen LogP contribution in [0.1, 0.15) is 39.5 Å². The molecule has 2 atom stereocenters. The van der Waals surface area contributed by atoms with E-state index < -0.39 is 5.97 Å². The summed E-state index contributed by atoms with van der Waals surface area (Å²) in [5, 5.41) is 8.79. The van der Waals surface area contributed by atoms with Crippen LogP contribution in [0.4, 0.5) is 0 Å². The topological polar surface area (TPSA) is 40.5 Å². The van der Waals surface area contributed by atoms with Crippen LogP contribution in [0.5, 0.6) is 0 Å². The maximum Gasteiger partial charge on any atom is 0.317 e. The van der Waals surface area contributed by atoms with Gasteiger partial charge in [-0.25, -0.2) is 0 Å². The number of likely N-dealkylation sites (N-methyl/N-ethyl adjacent to an activating group) is 1. The molecule has 1 aliphatic carbocycles. The second kappa shape index (κ2) is 5.35. The van der Waals surface area contributed by atoms with Crippen LogP contribution in [0, 0.1) is 5.92 Å². The Balaban J connectivity index is 2.52. The molecule has 0 aromatic heterocycles. The Morgan fingerprint density at radius 3 is 2.57 bits per heavy atom. The summed E-state index contributed by atoms with van der Waals surface area (Å²) in [6.07, 6.45) is 4.98. The summed E-state index contributed by atoms with van der Waals surface area (Å²) >= 11 is 0. The third-order valence-corrected chi connectivity index (χ3v) is 3.28. The minimum atomic E-state index is -0.704. The fourth-order valence-electron chi connectivity index (χ4n) is 2.48. The lowest BCUT2D eigenvalue weighted by Crippen LogP contribution is -2.44. The number of carboxylic acid groups (broad SMARTS) is 1. The Bertz CT molecular complexity index is 194. The third kappa shape index (κ3) is 2.98. The van der Waals surface area contributed by atoms with Gasteiger partial charge in [-0.05, 0) is 25.3 Å². The quantitative estimate of drug-likeness (QED) is 0.752. The number of aliphatic carboxylic acids is 1. The van der Waals surface area contributed by atoms with Crippen molar-refractivity contribution in [2.75, 3.05) is 13.1 Å². The average Bonchev–Trinajstić information content (AvgIpc) is 2.15. The molecule has 1 aliphatic rings. The van der Waals surface area contributed by atoms with Crippen molar-refractivity contribution in [3.05, 3.63) is 0 Å². The predicted octanol–water partition coefficient (Wildman–Crippen LogP) is 1.97. The van der Waals surface area contributed by atoms with Gasteiger partial charge in [0, 0.05) is 6.04 Å². The zero-order chi connectivity index (χ0) is 10.6. The lowest BCUT2D eigenvalue weighted by Gasteiger charge is -2.37. The summed E-state index contributed by atoms with van der Waals surface area (Å²) in [7, 11) is 0. The van der Waals surface area contributed by atoms with E-state index in [9.17, 15) is 4.79 Å². The number of nitrogens with zero attached hydrogens (tertiary/aromatic N) is 1. The zero-order valence-electron chi connectivity index (χ0n) is 9.20. The van der Waals surface area contributed by atoms with E-state index in [0.717, 1.165) is 6.54 Å². The van der Waals surface area contributed by atoms with Gasteiger partial charge >= 0.3 is 5.97 Å². The van der Waals surface area contributed by atoms with Gasteiger partial charge in [0.05, 0.1) is 6.54 Å². The van der Waals surface area contributed by atoms with Crippen molar-refractivity contribution >= 4 is 5.97 Å². The van der Waals surface area contributed by atoms with E-state index in [-0.39, 0.29) is 6.54 Å². The van der Waals surface area contributed by atoms with Gasteiger partial charge in [-0.2, -0.15) is 0 Å². The van der Waals surface area contributed by atoms with E-state index in [4.69, 9.17) is 5.11 Å². The minimum absolute atomic E-state index is 0.200. The average molecular weight is 199 g/mol. The van der Waals surface area contributed by atoms with Crippen molar-refractivity contribution < 1.29 is 9.90 Å². The van der Waals surface area contributed by atoms with Crippen LogP contribution in [0.15, 0.2) is 0 Å². The predicted molar refractivity (Wildman–Crippen MR) is 56.3 cm³/mol. The molecular formula is C11H21NO2. The van der Waals surface area contributed by atoms with Gasteiger partial charge in [-0.15, -0.1) is 0 Å². The summed E-state index contributed by atoms with van der Waals surface area (Å²) in [4.78, 5) is 12.8. The molecule has 0 radical (unpaired) electrons. The highest BCUT2D eigenvalue weighted by atomic mass is 16.4. The van der Waals surface area contributed by atoms with Gasteiger partial charge in [0.25, 0.3) is 0 Å². The number of hydrogen-bond donors (Lipinski definition) is 1. The molecule has 0 aromatic carbocycles. The first-order chi connectivity index (χ1) is 6.65. The Hall–Kier alpha value is -0.570. The molecule has 1 saturated carbocycles. The van der Waals surface area contributed by atoms with E-state index in [1.54, 1.807) is 0 Å². The summed E-state index contributed by atoms with van der Waals surface area (Å²) in [5.41, 5.74) is 0. The Labute approximate surface area is 86.1 Å². The summed E-state index contributed by atoms with van der Waals surface area (Å²) in [6, 6.07) is 0.491. The number of carbonyl (C=O) groups is 1. The van der Waals surface area contributed by atoms with Crippen molar-refractivity contribution in [1.82, 2.24) is 4.90 Å². The smallest absolute Gasteiger partial charge is 0.317 e. The molecule has 0 bridgehead atoms. The lowest BCUT2D eigenvalue weighted by molar-refractivity contribution is -0.139. The van der Waals surface area contributed by atoms with Crippen molar-refractivity contribution in [1.29, 1.82) is 0 Å². The first kappa shape index (κ1) is 11.5. The fraction of sp³-hybridized carbons (Fsp3) is 0.909.